The Morgan fingerprint density at radius 3 is 2.62 bits per heavy atom. The first kappa shape index (κ1) is 21.3. The lowest BCUT2D eigenvalue weighted by atomic mass is 9.95. The summed E-state index contributed by atoms with van der Waals surface area (Å²) in [5.41, 5.74) is 2.95. The van der Waals surface area contributed by atoms with E-state index >= 15 is 0 Å². The van der Waals surface area contributed by atoms with Gasteiger partial charge < -0.3 is 14.7 Å². The molecule has 1 aliphatic rings. The second-order valence-electron chi connectivity index (χ2n) is 7.31. The molecule has 3 aromatic heterocycles. The highest BCUT2D eigenvalue weighted by molar-refractivity contribution is 7.80. The van der Waals surface area contributed by atoms with E-state index in [1.807, 2.05) is 41.8 Å². The number of thiophene rings is 2. The Balaban J connectivity index is 1.55. The van der Waals surface area contributed by atoms with Gasteiger partial charge in [0.05, 0.1) is 16.5 Å². The van der Waals surface area contributed by atoms with Crippen LogP contribution in [0.3, 0.4) is 0 Å². The number of hydrogen-bond donors (Lipinski definition) is 1. The molecule has 162 valence electrons. The van der Waals surface area contributed by atoms with Crippen molar-refractivity contribution in [3.63, 3.8) is 0 Å². The van der Waals surface area contributed by atoms with Crippen LogP contribution in [-0.2, 0) is 6.42 Å². The lowest BCUT2D eigenvalue weighted by Crippen LogP contribution is -2.46. The number of aromatic nitrogens is 2. The second kappa shape index (κ2) is 9.15. The predicted molar refractivity (Wildman–Crippen MR) is 135 cm³/mol. The second-order valence-corrected chi connectivity index (χ2v) is 10.1. The lowest BCUT2D eigenvalue weighted by Gasteiger charge is -2.37. The molecule has 1 N–H and O–H groups in total. The minimum absolute atomic E-state index is 0.214. The number of allylic oxidation sites excluding steroid dienone is 1. The van der Waals surface area contributed by atoms with Crippen molar-refractivity contribution < 1.29 is 4.52 Å². The van der Waals surface area contributed by atoms with Crippen molar-refractivity contribution in [3.05, 3.63) is 86.3 Å². The van der Waals surface area contributed by atoms with Gasteiger partial charge in [-0.15, -0.1) is 22.7 Å². The Labute approximate surface area is 204 Å². The molecule has 0 saturated heterocycles. The summed E-state index contributed by atoms with van der Waals surface area (Å²) in [6, 6.07) is 15.7. The Morgan fingerprint density at radius 1 is 1.12 bits per heavy atom. The third-order valence-corrected chi connectivity index (χ3v) is 7.75. The molecule has 4 heterocycles. The Hall–Kier alpha value is -2.52. The summed E-state index contributed by atoms with van der Waals surface area (Å²) in [6.45, 7) is 2.83. The van der Waals surface area contributed by atoms with Crippen LogP contribution in [0.25, 0.3) is 16.3 Å². The Kier molecular flexibility index (Phi) is 6.10. The van der Waals surface area contributed by atoms with Crippen molar-refractivity contribution in [2.75, 3.05) is 6.54 Å². The molecule has 0 fully saturated rings. The number of benzene rings is 1. The zero-order chi connectivity index (χ0) is 22.1. The van der Waals surface area contributed by atoms with E-state index in [9.17, 15) is 0 Å². The van der Waals surface area contributed by atoms with Crippen LogP contribution in [0.5, 0.6) is 0 Å². The number of thiocarbonyl (C=S) groups is 1. The average Bonchev–Trinajstić information content (AvgIpc) is 3.55. The van der Waals surface area contributed by atoms with Crippen LogP contribution in [0.2, 0.25) is 5.02 Å². The molecule has 5 nitrogen and oxygen atoms in total. The fourth-order valence-electron chi connectivity index (χ4n) is 3.75. The van der Waals surface area contributed by atoms with Gasteiger partial charge in [0.2, 0.25) is 5.82 Å². The third-order valence-electron chi connectivity index (χ3n) is 5.36. The lowest BCUT2D eigenvalue weighted by molar-refractivity contribution is 0.397. The normalized spacial score (nSPS) is 16.5. The standard InChI is InChI=1S/C23H19ClN4OS3/c1-14-19(22-26-21(27-29-22)18-5-3-13-32-18)20(15-6-8-16(24)9-7-15)25-23(30)28(14)11-10-17-4-2-12-31-17/h2-9,12-13,20H,10-11H2,1H3,(H,25,30). The van der Waals surface area contributed by atoms with Crippen molar-refractivity contribution in [1.82, 2.24) is 20.4 Å². The fourth-order valence-corrected chi connectivity index (χ4v) is 5.57. The molecule has 1 unspecified atom stereocenters. The van der Waals surface area contributed by atoms with E-state index in [2.05, 4.69) is 39.8 Å². The molecule has 5 rings (SSSR count). The van der Waals surface area contributed by atoms with E-state index in [0.717, 1.165) is 34.7 Å². The summed E-state index contributed by atoms with van der Waals surface area (Å²) in [5.74, 6) is 1.07. The van der Waals surface area contributed by atoms with Gasteiger partial charge in [0, 0.05) is 22.1 Å². The van der Waals surface area contributed by atoms with Gasteiger partial charge in [-0.1, -0.05) is 41.0 Å². The highest BCUT2D eigenvalue weighted by atomic mass is 35.5. The molecule has 0 radical (unpaired) electrons. The Morgan fingerprint density at radius 2 is 1.91 bits per heavy atom. The predicted octanol–water partition coefficient (Wildman–Crippen LogP) is 6.42. The van der Waals surface area contributed by atoms with Crippen LogP contribution < -0.4 is 5.32 Å². The maximum atomic E-state index is 6.13. The van der Waals surface area contributed by atoms with Crippen LogP contribution in [0.15, 0.2) is 69.5 Å². The van der Waals surface area contributed by atoms with E-state index in [4.69, 9.17) is 33.3 Å². The molecule has 0 bridgehead atoms. The van der Waals surface area contributed by atoms with E-state index in [-0.39, 0.29) is 6.04 Å². The van der Waals surface area contributed by atoms with Gasteiger partial charge >= 0.3 is 0 Å². The average molecular weight is 499 g/mol. The molecule has 4 aromatic rings. The van der Waals surface area contributed by atoms with Crippen molar-refractivity contribution >= 4 is 57.2 Å². The van der Waals surface area contributed by atoms with Gasteiger partial charge in [-0.3, -0.25) is 0 Å². The SMILES string of the molecule is CC1=C(c2nc(-c3cccs3)no2)C(c2ccc(Cl)cc2)NC(=S)N1CCc1cccs1. The molecule has 1 aliphatic heterocycles. The minimum Gasteiger partial charge on any atom is -0.351 e. The van der Waals surface area contributed by atoms with Gasteiger partial charge in [0.25, 0.3) is 5.89 Å². The van der Waals surface area contributed by atoms with E-state index in [1.165, 1.54) is 4.88 Å². The van der Waals surface area contributed by atoms with Gasteiger partial charge in [0.1, 0.15) is 0 Å². The molecule has 1 atom stereocenters. The van der Waals surface area contributed by atoms with E-state index < -0.39 is 0 Å². The largest absolute Gasteiger partial charge is 0.351 e. The monoisotopic (exact) mass is 498 g/mol. The maximum absolute atomic E-state index is 6.13. The number of nitrogens with zero attached hydrogens (tertiary/aromatic N) is 3. The van der Waals surface area contributed by atoms with Crippen LogP contribution in [0.4, 0.5) is 0 Å². The van der Waals surface area contributed by atoms with Gasteiger partial charge in [-0.25, -0.2) is 0 Å². The summed E-state index contributed by atoms with van der Waals surface area (Å²) in [4.78, 5) is 9.13. The molecular weight excluding hydrogens is 480 g/mol. The van der Waals surface area contributed by atoms with Crippen LogP contribution in [0.1, 0.15) is 29.3 Å². The number of rotatable bonds is 6. The first-order valence-electron chi connectivity index (χ1n) is 10.0. The summed E-state index contributed by atoms with van der Waals surface area (Å²) >= 11 is 15.2. The van der Waals surface area contributed by atoms with E-state index in [0.29, 0.717) is 21.9 Å². The highest BCUT2D eigenvalue weighted by Crippen LogP contribution is 2.38. The van der Waals surface area contributed by atoms with Crippen molar-refractivity contribution in [2.45, 2.75) is 19.4 Å². The Bertz CT molecular complexity index is 1250. The van der Waals surface area contributed by atoms with Crippen molar-refractivity contribution in [2.24, 2.45) is 0 Å². The van der Waals surface area contributed by atoms with Crippen LogP contribution in [-0.4, -0.2) is 26.7 Å². The van der Waals surface area contributed by atoms with Gasteiger partial charge in [0.15, 0.2) is 5.11 Å². The minimum atomic E-state index is -0.214. The van der Waals surface area contributed by atoms with Crippen molar-refractivity contribution in [3.8, 4) is 10.7 Å². The molecule has 0 spiro atoms. The zero-order valence-electron chi connectivity index (χ0n) is 17.1. The summed E-state index contributed by atoms with van der Waals surface area (Å²) in [5, 5.41) is 13.2. The van der Waals surface area contributed by atoms with Gasteiger partial charge in [-0.2, -0.15) is 4.98 Å². The quantitative estimate of drug-likeness (QED) is 0.310. The summed E-state index contributed by atoms with van der Waals surface area (Å²) in [6.07, 6.45) is 0.903. The number of hydrogen-bond acceptors (Lipinski definition) is 6. The maximum Gasteiger partial charge on any atom is 0.258 e. The molecule has 32 heavy (non-hydrogen) atoms. The van der Waals surface area contributed by atoms with Crippen LogP contribution in [0, 0.1) is 0 Å². The van der Waals surface area contributed by atoms with Gasteiger partial charge in [-0.05, 0) is 66.2 Å². The third kappa shape index (κ3) is 4.23. The smallest absolute Gasteiger partial charge is 0.258 e. The molecular formula is C23H19ClN4OS3. The number of nitrogens with one attached hydrogen (secondary N) is 1. The molecule has 0 aliphatic carbocycles. The molecule has 0 saturated carbocycles. The zero-order valence-corrected chi connectivity index (χ0v) is 20.3. The summed E-state index contributed by atoms with van der Waals surface area (Å²) < 4.78 is 5.76. The fraction of sp³-hybridized carbons (Fsp3) is 0.174. The first-order valence-corrected chi connectivity index (χ1v) is 12.6. The molecule has 9 heteroatoms. The van der Waals surface area contributed by atoms with Crippen LogP contribution >= 0.6 is 46.5 Å². The molecule has 0 amide bonds. The highest BCUT2D eigenvalue weighted by Gasteiger charge is 2.34. The first-order chi connectivity index (χ1) is 15.6. The van der Waals surface area contributed by atoms with Crippen molar-refractivity contribution in [1.29, 1.82) is 0 Å². The van der Waals surface area contributed by atoms with E-state index in [1.54, 1.807) is 22.7 Å². The summed E-state index contributed by atoms with van der Waals surface area (Å²) in [7, 11) is 0. The molecule has 1 aromatic carbocycles. The number of halogens is 1. The topological polar surface area (TPSA) is 54.2 Å².